The van der Waals surface area contributed by atoms with E-state index in [9.17, 15) is 13.9 Å². The largest absolute Gasteiger partial charge is 0.385 e. The molecule has 0 heterocycles. The molecule has 0 aromatic heterocycles. The number of nitriles is 1. The summed E-state index contributed by atoms with van der Waals surface area (Å²) in [4.78, 5) is 0. The monoisotopic (exact) mass is 273 g/mol. The summed E-state index contributed by atoms with van der Waals surface area (Å²) in [5.41, 5.74) is 0.452. The van der Waals surface area contributed by atoms with Gasteiger partial charge in [0.1, 0.15) is 24.2 Å². The van der Waals surface area contributed by atoms with Gasteiger partial charge in [0.2, 0.25) is 0 Å². The molecule has 2 atom stereocenters. The molecule has 78 valence electrons. The van der Waals surface area contributed by atoms with Crippen LogP contribution in [0.2, 0.25) is 0 Å². The van der Waals surface area contributed by atoms with Gasteiger partial charge < -0.3 is 5.11 Å². The van der Waals surface area contributed by atoms with Crippen molar-refractivity contribution in [2.45, 2.75) is 18.7 Å². The quantitative estimate of drug-likeness (QED) is 0.789. The zero-order chi connectivity index (χ0) is 11.2. The number of alkyl halides is 1. The van der Waals surface area contributed by atoms with Crippen LogP contribution in [0.5, 0.6) is 0 Å². The number of nitrogens with zero attached hydrogens (tertiary/aromatic N) is 1. The third-order valence-corrected chi connectivity index (χ3v) is 3.28. The van der Waals surface area contributed by atoms with Crippen LogP contribution in [0.4, 0.5) is 8.78 Å². The highest BCUT2D eigenvalue weighted by atomic mass is 79.9. The van der Waals surface area contributed by atoms with E-state index in [1.807, 2.05) is 0 Å². The Balaban J connectivity index is 2.68. The van der Waals surface area contributed by atoms with Gasteiger partial charge in [0, 0.05) is 12.0 Å². The highest BCUT2D eigenvalue weighted by Crippen LogP contribution is 2.39. The molecule has 0 aliphatic heterocycles. The highest BCUT2D eigenvalue weighted by molar-refractivity contribution is 9.10. The van der Waals surface area contributed by atoms with Crippen molar-refractivity contribution in [3.8, 4) is 6.07 Å². The average Bonchev–Trinajstić information content (AvgIpc) is 2.49. The molecule has 0 fully saturated rings. The molecule has 0 bridgehead atoms. The molecule has 1 N–H and O–H groups in total. The second-order valence-electron chi connectivity index (χ2n) is 3.40. The summed E-state index contributed by atoms with van der Waals surface area (Å²) in [6.45, 7) is 0. The van der Waals surface area contributed by atoms with Crippen LogP contribution < -0.4 is 0 Å². The van der Waals surface area contributed by atoms with Crippen molar-refractivity contribution in [3.05, 3.63) is 33.0 Å². The van der Waals surface area contributed by atoms with Gasteiger partial charge >= 0.3 is 0 Å². The first-order valence-corrected chi connectivity index (χ1v) is 5.08. The Kier molecular flexibility index (Phi) is 2.49. The number of fused-ring (bicyclic) bond motifs is 1. The standard InChI is InChI=1S/C10H6BrF2NO/c11-8-5(3-14)1-4-2-6(12)10(15)7(4)9(8)13/h1,6,10,15H,2H2. The third kappa shape index (κ3) is 1.45. The minimum atomic E-state index is -1.49. The van der Waals surface area contributed by atoms with Crippen molar-refractivity contribution >= 4 is 15.9 Å². The molecule has 0 amide bonds. The van der Waals surface area contributed by atoms with Crippen LogP contribution in [-0.4, -0.2) is 11.3 Å². The Morgan fingerprint density at radius 1 is 1.60 bits per heavy atom. The molecule has 2 unspecified atom stereocenters. The van der Waals surface area contributed by atoms with E-state index < -0.39 is 18.1 Å². The second-order valence-corrected chi connectivity index (χ2v) is 4.19. The van der Waals surface area contributed by atoms with Gasteiger partial charge in [-0.15, -0.1) is 0 Å². The van der Waals surface area contributed by atoms with E-state index in [0.717, 1.165) is 0 Å². The lowest BCUT2D eigenvalue weighted by atomic mass is 10.1. The topological polar surface area (TPSA) is 44.0 Å². The zero-order valence-corrected chi connectivity index (χ0v) is 9.05. The fraction of sp³-hybridized carbons (Fsp3) is 0.300. The molecular weight excluding hydrogens is 268 g/mol. The molecule has 2 nitrogen and oxygen atoms in total. The maximum absolute atomic E-state index is 13.6. The molecule has 5 heteroatoms. The molecule has 0 radical (unpaired) electrons. The van der Waals surface area contributed by atoms with Gasteiger partial charge in [0.15, 0.2) is 0 Å². The summed E-state index contributed by atoms with van der Waals surface area (Å²) in [5.74, 6) is -0.739. The number of benzene rings is 1. The Bertz CT molecular complexity index is 469. The number of hydrogen-bond donors (Lipinski definition) is 1. The van der Waals surface area contributed by atoms with Crippen LogP contribution in [0.25, 0.3) is 0 Å². The van der Waals surface area contributed by atoms with Gasteiger partial charge in [-0.2, -0.15) is 5.26 Å². The van der Waals surface area contributed by atoms with Crippen molar-refractivity contribution in [3.63, 3.8) is 0 Å². The molecule has 1 aliphatic carbocycles. The van der Waals surface area contributed by atoms with E-state index in [-0.39, 0.29) is 22.0 Å². The van der Waals surface area contributed by atoms with Gasteiger partial charge in [-0.25, -0.2) is 8.78 Å². The molecule has 1 aromatic carbocycles. The Morgan fingerprint density at radius 3 is 2.87 bits per heavy atom. The Morgan fingerprint density at radius 2 is 2.27 bits per heavy atom. The van der Waals surface area contributed by atoms with Gasteiger partial charge in [0.25, 0.3) is 0 Å². The van der Waals surface area contributed by atoms with Crippen LogP contribution in [0.15, 0.2) is 10.5 Å². The van der Waals surface area contributed by atoms with Crippen LogP contribution in [0.3, 0.4) is 0 Å². The molecule has 0 spiro atoms. The van der Waals surface area contributed by atoms with Crippen molar-refractivity contribution in [1.82, 2.24) is 0 Å². The first-order chi connectivity index (χ1) is 7.06. The van der Waals surface area contributed by atoms with E-state index in [1.54, 1.807) is 6.07 Å². The van der Waals surface area contributed by atoms with E-state index in [0.29, 0.717) is 5.56 Å². The van der Waals surface area contributed by atoms with Gasteiger partial charge in [-0.05, 0) is 27.6 Å². The third-order valence-electron chi connectivity index (χ3n) is 2.50. The first-order valence-electron chi connectivity index (χ1n) is 4.29. The number of rotatable bonds is 0. The van der Waals surface area contributed by atoms with E-state index in [1.165, 1.54) is 6.07 Å². The fourth-order valence-electron chi connectivity index (χ4n) is 1.77. The van der Waals surface area contributed by atoms with Crippen molar-refractivity contribution in [2.24, 2.45) is 0 Å². The van der Waals surface area contributed by atoms with E-state index in [4.69, 9.17) is 5.26 Å². The molecule has 1 aliphatic rings. The summed E-state index contributed by atoms with van der Waals surface area (Å²) in [5, 5.41) is 18.1. The normalized spacial score (nSPS) is 23.7. The van der Waals surface area contributed by atoms with E-state index >= 15 is 0 Å². The summed E-state index contributed by atoms with van der Waals surface area (Å²) in [7, 11) is 0. The molecular formula is C10H6BrF2NO. The smallest absolute Gasteiger partial charge is 0.144 e. The van der Waals surface area contributed by atoms with Gasteiger partial charge in [0.05, 0.1) is 10.0 Å². The summed E-state index contributed by atoms with van der Waals surface area (Å²) in [6, 6.07) is 3.21. The maximum Gasteiger partial charge on any atom is 0.144 e. The number of hydrogen-bond acceptors (Lipinski definition) is 2. The molecule has 1 aromatic rings. The van der Waals surface area contributed by atoms with Crippen LogP contribution in [0.1, 0.15) is 22.8 Å². The number of halogens is 3. The van der Waals surface area contributed by atoms with Crippen LogP contribution in [-0.2, 0) is 6.42 Å². The lowest BCUT2D eigenvalue weighted by molar-refractivity contribution is 0.0899. The van der Waals surface area contributed by atoms with E-state index in [2.05, 4.69) is 15.9 Å². The highest BCUT2D eigenvalue weighted by Gasteiger charge is 2.35. The van der Waals surface area contributed by atoms with Crippen LogP contribution >= 0.6 is 15.9 Å². The SMILES string of the molecule is N#Cc1cc2c(c(F)c1Br)C(O)C(F)C2. The Hall–Kier alpha value is -0.990. The van der Waals surface area contributed by atoms with Crippen LogP contribution in [0, 0.1) is 17.1 Å². The van der Waals surface area contributed by atoms with Crippen molar-refractivity contribution < 1.29 is 13.9 Å². The van der Waals surface area contributed by atoms with Crippen molar-refractivity contribution in [2.75, 3.05) is 0 Å². The zero-order valence-electron chi connectivity index (χ0n) is 7.47. The van der Waals surface area contributed by atoms with Gasteiger partial charge in [-0.1, -0.05) is 0 Å². The minimum absolute atomic E-state index is 0.0168. The minimum Gasteiger partial charge on any atom is -0.385 e. The number of aliphatic hydroxyl groups excluding tert-OH is 1. The predicted molar refractivity (Wildman–Crippen MR) is 52.4 cm³/mol. The first kappa shape index (κ1) is 10.5. The van der Waals surface area contributed by atoms with Gasteiger partial charge in [-0.3, -0.25) is 0 Å². The maximum atomic E-state index is 13.6. The fourth-order valence-corrected chi connectivity index (χ4v) is 2.18. The lowest BCUT2D eigenvalue weighted by Crippen LogP contribution is -2.07. The molecule has 0 saturated carbocycles. The molecule has 0 saturated heterocycles. The lowest BCUT2D eigenvalue weighted by Gasteiger charge is -2.08. The molecule has 15 heavy (non-hydrogen) atoms. The summed E-state index contributed by atoms with van der Waals surface area (Å²) in [6.07, 6.45) is -2.96. The predicted octanol–water partition coefficient (Wildman–Crippen LogP) is 2.39. The molecule has 2 rings (SSSR count). The summed E-state index contributed by atoms with van der Waals surface area (Å²) < 4.78 is 26.8. The van der Waals surface area contributed by atoms with Crippen molar-refractivity contribution in [1.29, 1.82) is 5.26 Å². The Labute approximate surface area is 93.3 Å². The second kappa shape index (κ2) is 3.54. The summed E-state index contributed by atoms with van der Waals surface area (Å²) >= 11 is 2.91. The average molecular weight is 274 g/mol. The number of aliphatic hydroxyl groups is 1.